The highest BCUT2D eigenvalue weighted by molar-refractivity contribution is 7.03. The lowest BCUT2D eigenvalue weighted by atomic mass is 10.00. The Kier molecular flexibility index (Phi) is 5.38. The van der Waals surface area contributed by atoms with Crippen molar-refractivity contribution in [2.45, 2.75) is 18.7 Å². The van der Waals surface area contributed by atoms with Gasteiger partial charge in [0.15, 0.2) is 0 Å². The molecule has 1 aromatic carbocycles. The molecule has 0 aliphatic carbocycles. The number of aromatic nitrogens is 2. The van der Waals surface area contributed by atoms with E-state index in [1.807, 2.05) is 17.5 Å². The minimum absolute atomic E-state index is 0.0988. The SMILES string of the molecule is CN1CCO[C@H]([C@@H](NCc2csnn2)c2ccc(Cl)cc2)C1. The van der Waals surface area contributed by atoms with Crippen molar-refractivity contribution in [2.24, 2.45) is 0 Å². The van der Waals surface area contributed by atoms with Crippen LogP contribution in [-0.4, -0.2) is 47.3 Å². The predicted molar refractivity (Wildman–Crippen MR) is 88.2 cm³/mol. The Balaban J connectivity index is 1.76. The number of nitrogens with one attached hydrogen (secondary N) is 1. The first kappa shape index (κ1) is 15.8. The molecule has 1 aliphatic heterocycles. The zero-order valence-electron chi connectivity index (χ0n) is 12.4. The van der Waals surface area contributed by atoms with E-state index < -0.39 is 0 Å². The van der Waals surface area contributed by atoms with Gasteiger partial charge in [-0.3, -0.25) is 0 Å². The molecule has 7 heteroatoms. The number of rotatable bonds is 5. The molecule has 0 radical (unpaired) electrons. The van der Waals surface area contributed by atoms with Crippen LogP contribution in [0.1, 0.15) is 17.3 Å². The molecule has 2 heterocycles. The molecule has 1 saturated heterocycles. The summed E-state index contributed by atoms with van der Waals surface area (Å²) in [6.45, 7) is 3.30. The molecular weight excluding hydrogens is 320 g/mol. The second kappa shape index (κ2) is 7.48. The lowest BCUT2D eigenvalue weighted by Crippen LogP contribution is -2.46. The normalized spacial score (nSPS) is 20.9. The number of nitrogens with zero attached hydrogens (tertiary/aromatic N) is 3. The molecule has 3 rings (SSSR count). The van der Waals surface area contributed by atoms with E-state index in [9.17, 15) is 0 Å². The molecule has 1 aromatic heterocycles. The van der Waals surface area contributed by atoms with E-state index in [1.54, 1.807) is 0 Å². The van der Waals surface area contributed by atoms with Crippen LogP contribution >= 0.6 is 23.1 Å². The van der Waals surface area contributed by atoms with Crippen LogP contribution in [0.3, 0.4) is 0 Å². The van der Waals surface area contributed by atoms with Gasteiger partial charge in [-0.1, -0.05) is 28.2 Å². The van der Waals surface area contributed by atoms with Gasteiger partial charge in [0.2, 0.25) is 0 Å². The van der Waals surface area contributed by atoms with E-state index in [1.165, 1.54) is 17.1 Å². The van der Waals surface area contributed by atoms with Crippen LogP contribution in [-0.2, 0) is 11.3 Å². The van der Waals surface area contributed by atoms with Gasteiger partial charge >= 0.3 is 0 Å². The zero-order valence-corrected chi connectivity index (χ0v) is 14.0. The van der Waals surface area contributed by atoms with Crippen LogP contribution in [0.15, 0.2) is 29.6 Å². The van der Waals surface area contributed by atoms with Crippen molar-refractivity contribution in [1.82, 2.24) is 19.8 Å². The number of likely N-dealkylation sites (N-methyl/N-ethyl adjacent to an activating group) is 1. The second-order valence-electron chi connectivity index (χ2n) is 5.48. The van der Waals surface area contributed by atoms with E-state index in [4.69, 9.17) is 16.3 Å². The first-order chi connectivity index (χ1) is 10.7. The van der Waals surface area contributed by atoms with E-state index in [-0.39, 0.29) is 12.1 Å². The van der Waals surface area contributed by atoms with E-state index >= 15 is 0 Å². The van der Waals surface area contributed by atoms with Crippen LogP contribution in [0, 0.1) is 0 Å². The van der Waals surface area contributed by atoms with Gasteiger partial charge in [-0.2, -0.15) is 0 Å². The fraction of sp³-hybridized carbons (Fsp3) is 0.467. The van der Waals surface area contributed by atoms with E-state index in [0.29, 0.717) is 6.54 Å². The third-order valence-electron chi connectivity index (χ3n) is 3.81. The third-order valence-corrected chi connectivity index (χ3v) is 4.61. The quantitative estimate of drug-likeness (QED) is 0.907. The number of morpholine rings is 1. The van der Waals surface area contributed by atoms with Crippen molar-refractivity contribution in [2.75, 3.05) is 26.7 Å². The number of hydrogen-bond acceptors (Lipinski definition) is 6. The van der Waals surface area contributed by atoms with Crippen LogP contribution in [0.25, 0.3) is 0 Å². The van der Waals surface area contributed by atoms with Crippen LogP contribution in [0.5, 0.6) is 0 Å². The maximum absolute atomic E-state index is 6.01. The number of halogens is 1. The summed E-state index contributed by atoms with van der Waals surface area (Å²) >= 11 is 7.37. The Morgan fingerprint density at radius 3 is 2.95 bits per heavy atom. The standard InChI is InChI=1S/C15H19ClN4OS/c1-20-6-7-21-14(9-20)15(11-2-4-12(16)5-3-11)17-8-13-10-22-19-18-13/h2-5,10,14-15,17H,6-9H2,1H3/t14-,15-/m0/s1. The van der Waals surface area contributed by atoms with Gasteiger partial charge < -0.3 is 15.0 Å². The highest BCUT2D eigenvalue weighted by atomic mass is 35.5. The molecule has 1 N–H and O–H groups in total. The minimum atomic E-state index is 0.0988. The van der Waals surface area contributed by atoms with Gasteiger partial charge in [0.25, 0.3) is 0 Å². The first-order valence-corrected chi connectivity index (χ1v) is 8.49. The lowest BCUT2D eigenvalue weighted by Gasteiger charge is -2.35. The summed E-state index contributed by atoms with van der Waals surface area (Å²) in [6, 6.07) is 8.04. The Morgan fingerprint density at radius 1 is 1.45 bits per heavy atom. The van der Waals surface area contributed by atoms with Crippen molar-refractivity contribution < 1.29 is 4.74 Å². The topological polar surface area (TPSA) is 50.3 Å². The minimum Gasteiger partial charge on any atom is -0.374 e. The maximum atomic E-state index is 6.01. The summed E-state index contributed by atoms with van der Waals surface area (Å²) in [4.78, 5) is 2.29. The summed E-state index contributed by atoms with van der Waals surface area (Å²) in [5, 5.41) is 10.3. The number of benzene rings is 1. The zero-order chi connectivity index (χ0) is 15.4. The Hall–Kier alpha value is -1.05. The maximum Gasteiger partial charge on any atom is 0.0896 e. The summed E-state index contributed by atoms with van der Waals surface area (Å²) in [5.41, 5.74) is 2.13. The van der Waals surface area contributed by atoms with Gasteiger partial charge in [0.05, 0.1) is 24.4 Å². The van der Waals surface area contributed by atoms with Crippen molar-refractivity contribution in [3.05, 3.63) is 45.9 Å². The summed E-state index contributed by atoms with van der Waals surface area (Å²) in [5.74, 6) is 0. The molecule has 0 unspecified atom stereocenters. The first-order valence-electron chi connectivity index (χ1n) is 7.27. The summed E-state index contributed by atoms with van der Waals surface area (Å²) in [6.07, 6.45) is 0.103. The van der Waals surface area contributed by atoms with Crippen molar-refractivity contribution >= 4 is 23.1 Å². The number of ether oxygens (including phenoxy) is 1. The molecule has 2 aromatic rings. The molecule has 118 valence electrons. The molecule has 0 spiro atoms. The Morgan fingerprint density at radius 2 is 2.27 bits per heavy atom. The molecule has 0 bridgehead atoms. The fourth-order valence-corrected chi connectivity index (χ4v) is 3.20. The van der Waals surface area contributed by atoms with Gasteiger partial charge in [0.1, 0.15) is 0 Å². The molecule has 1 fully saturated rings. The van der Waals surface area contributed by atoms with Gasteiger partial charge in [-0.25, -0.2) is 0 Å². The van der Waals surface area contributed by atoms with E-state index in [0.717, 1.165) is 30.4 Å². The smallest absolute Gasteiger partial charge is 0.0896 e. The highest BCUT2D eigenvalue weighted by Gasteiger charge is 2.28. The molecule has 1 aliphatic rings. The van der Waals surface area contributed by atoms with Gasteiger partial charge in [-0.15, -0.1) is 5.10 Å². The van der Waals surface area contributed by atoms with Gasteiger partial charge in [0, 0.05) is 30.0 Å². The monoisotopic (exact) mass is 338 g/mol. The molecule has 22 heavy (non-hydrogen) atoms. The Bertz CT molecular complexity index is 578. The van der Waals surface area contributed by atoms with Crippen molar-refractivity contribution in [3.8, 4) is 0 Å². The van der Waals surface area contributed by atoms with Crippen molar-refractivity contribution in [1.29, 1.82) is 0 Å². The molecule has 0 amide bonds. The average Bonchev–Trinajstić information content (AvgIpc) is 3.03. The van der Waals surface area contributed by atoms with E-state index in [2.05, 4.69) is 39.0 Å². The summed E-state index contributed by atoms with van der Waals surface area (Å²) < 4.78 is 9.90. The predicted octanol–water partition coefficient (Wildman–Crippen LogP) is 2.35. The molecule has 2 atom stereocenters. The second-order valence-corrected chi connectivity index (χ2v) is 6.52. The highest BCUT2D eigenvalue weighted by Crippen LogP contribution is 2.24. The van der Waals surface area contributed by atoms with Gasteiger partial charge in [-0.05, 0) is 36.3 Å². The average molecular weight is 339 g/mol. The lowest BCUT2D eigenvalue weighted by molar-refractivity contribution is -0.0396. The third kappa shape index (κ3) is 4.02. The van der Waals surface area contributed by atoms with Crippen LogP contribution < -0.4 is 5.32 Å². The van der Waals surface area contributed by atoms with Crippen LogP contribution in [0.4, 0.5) is 0 Å². The molecular formula is C15H19ClN4OS. The largest absolute Gasteiger partial charge is 0.374 e. The molecule has 5 nitrogen and oxygen atoms in total. The summed E-state index contributed by atoms with van der Waals surface area (Å²) in [7, 11) is 2.12. The van der Waals surface area contributed by atoms with Crippen LogP contribution in [0.2, 0.25) is 5.02 Å². The fourth-order valence-electron chi connectivity index (χ4n) is 2.62. The van der Waals surface area contributed by atoms with Crippen molar-refractivity contribution in [3.63, 3.8) is 0 Å². The number of hydrogen-bond donors (Lipinski definition) is 1. The Labute approximate surface area is 139 Å². The molecule has 0 saturated carbocycles.